The molecule has 4 bridgehead atoms. The molecule has 0 aliphatic heterocycles. The molecule has 35 heavy (non-hydrogen) atoms. The maximum Gasteiger partial charge on any atom is 0.404 e. The Hall–Kier alpha value is -2.51. The Bertz CT molecular complexity index is 950. The average molecular weight is 487 g/mol. The number of nitrogens with one attached hydrogen (secondary N) is 1. The number of carbonyl (C=O) groups is 2. The van der Waals surface area contributed by atoms with Gasteiger partial charge in [-0.3, -0.25) is 4.79 Å². The van der Waals surface area contributed by atoms with Crippen LogP contribution in [0.15, 0.2) is 12.3 Å². The molecule has 194 valence electrons. The van der Waals surface area contributed by atoms with Crippen LogP contribution in [0.25, 0.3) is 6.20 Å². The number of primary amides is 1. The van der Waals surface area contributed by atoms with E-state index in [9.17, 15) is 9.59 Å². The summed E-state index contributed by atoms with van der Waals surface area (Å²) >= 11 is 0. The smallest absolute Gasteiger partial charge is 0.404 e. The third-order valence-corrected chi connectivity index (χ3v) is 8.34. The first-order valence-corrected chi connectivity index (χ1v) is 13.1. The van der Waals surface area contributed by atoms with Crippen molar-refractivity contribution >= 4 is 18.2 Å². The van der Waals surface area contributed by atoms with Crippen molar-refractivity contribution in [3.8, 4) is 5.88 Å². The highest BCUT2D eigenvalue weighted by Crippen LogP contribution is 2.60. The van der Waals surface area contributed by atoms with Crippen molar-refractivity contribution in [3.05, 3.63) is 17.8 Å². The molecule has 0 saturated heterocycles. The number of carbonyl (C=O) groups excluding carboxylic acids is 2. The molecular formula is C27H42N4O4. The Kier molecular flexibility index (Phi) is 7.21. The monoisotopic (exact) mass is 486 g/mol. The SMILES string of the molecule is CCC(C)(C)/C=C/n1ncc(C(=O)N[C@H]2C3CC4CC2C[C@](COC(N)=O)(C4)C3)c1OCC(C)C. The first kappa shape index (κ1) is 25.6. The number of nitrogens with two attached hydrogens (primary N) is 1. The molecule has 1 aromatic heterocycles. The third-order valence-electron chi connectivity index (χ3n) is 8.34. The van der Waals surface area contributed by atoms with Crippen LogP contribution in [0, 0.1) is 34.5 Å². The molecule has 2 unspecified atom stereocenters. The highest BCUT2D eigenvalue weighted by atomic mass is 16.5. The lowest BCUT2D eigenvalue weighted by Crippen LogP contribution is -2.60. The molecule has 0 radical (unpaired) electrons. The van der Waals surface area contributed by atoms with Gasteiger partial charge in [-0.2, -0.15) is 5.10 Å². The van der Waals surface area contributed by atoms with Crippen LogP contribution in [0.1, 0.15) is 83.5 Å². The van der Waals surface area contributed by atoms with E-state index in [-0.39, 0.29) is 22.8 Å². The predicted molar refractivity (Wildman–Crippen MR) is 135 cm³/mol. The average Bonchev–Trinajstić information content (AvgIpc) is 3.20. The largest absolute Gasteiger partial charge is 0.477 e. The second-order valence-corrected chi connectivity index (χ2v) is 12.2. The Morgan fingerprint density at radius 1 is 1.29 bits per heavy atom. The standard InChI is InChI=1S/C27H42N4O4/c1-6-26(4,5)7-8-31-24(34-15-17(2)3)21(14-29-31)23(32)30-22-19-9-18-10-20(22)13-27(11-18,12-19)16-35-25(28)33/h7-8,14,17-20,22H,6,9-13,15-16H2,1-5H3,(H2,28,33)(H,30,32)/b8-7+/t18?,19?,20?,22-,27-. The predicted octanol–water partition coefficient (Wildman–Crippen LogP) is 4.84. The van der Waals surface area contributed by atoms with Crippen LogP contribution in [0.5, 0.6) is 5.88 Å². The third kappa shape index (κ3) is 5.67. The molecule has 2 amide bonds. The van der Waals surface area contributed by atoms with Crippen LogP contribution in [0.2, 0.25) is 0 Å². The Morgan fingerprint density at radius 3 is 2.57 bits per heavy atom. The molecule has 0 spiro atoms. The summed E-state index contributed by atoms with van der Waals surface area (Å²) in [5.41, 5.74) is 5.77. The number of ether oxygens (including phenoxy) is 2. The van der Waals surface area contributed by atoms with E-state index >= 15 is 0 Å². The number of aromatic nitrogens is 2. The first-order valence-electron chi connectivity index (χ1n) is 13.1. The normalized spacial score (nSPS) is 29.7. The van der Waals surface area contributed by atoms with E-state index in [2.05, 4.69) is 51.1 Å². The van der Waals surface area contributed by atoms with E-state index in [0.29, 0.717) is 48.3 Å². The summed E-state index contributed by atoms with van der Waals surface area (Å²) < 4.78 is 13.0. The maximum atomic E-state index is 13.5. The van der Waals surface area contributed by atoms with Gasteiger partial charge in [0.15, 0.2) is 0 Å². The second-order valence-electron chi connectivity index (χ2n) is 12.2. The van der Waals surface area contributed by atoms with Crippen molar-refractivity contribution < 1.29 is 19.1 Å². The Morgan fingerprint density at radius 2 is 1.97 bits per heavy atom. The number of amides is 2. The summed E-state index contributed by atoms with van der Waals surface area (Å²) in [6.45, 7) is 11.6. The molecule has 4 saturated carbocycles. The lowest BCUT2D eigenvalue weighted by Gasteiger charge is -2.59. The summed E-state index contributed by atoms with van der Waals surface area (Å²) in [6, 6.07) is 0.122. The van der Waals surface area contributed by atoms with Crippen LogP contribution in [-0.4, -0.2) is 41.0 Å². The van der Waals surface area contributed by atoms with Crippen molar-refractivity contribution in [2.24, 2.45) is 40.2 Å². The van der Waals surface area contributed by atoms with E-state index < -0.39 is 6.09 Å². The van der Waals surface area contributed by atoms with Crippen LogP contribution >= 0.6 is 0 Å². The summed E-state index contributed by atoms with van der Waals surface area (Å²) in [7, 11) is 0. The minimum Gasteiger partial charge on any atom is -0.477 e. The van der Waals surface area contributed by atoms with Gasteiger partial charge in [-0.15, -0.1) is 0 Å². The van der Waals surface area contributed by atoms with Gasteiger partial charge >= 0.3 is 6.09 Å². The van der Waals surface area contributed by atoms with Gasteiger partial charge < -0.3 is 20.5 Å². The molecule has 3 N–H and O–H groups in total. The Balaban J connectivity index is 1.50. The molecule has 5 rings (SSSR count). The van der Waals surface area contributed by atoms with Crippen LogP contribution in [0.4, 0.5) is 4.79 Å². The molecule has 2 atom stereocenters. The molecule has 1 heterocycles. The van der Waals surface area contributed by atoms with Gasteiger partial charge in [-0.1, -0.05) is 40.7 Å². The lowest BCUT2D eigenvalue weighted by molar-refractivity contribution is -0.0977. The van der Waals surface area contributed by atoms with Gasteiger partial charge in [0.1, 0.15) is 5.56 Å². The van der Waals surface area contributed by atoms with E-state index in [1.807, 2.05) is 6.20 Å². The fourth-order valence-corrected chi connectivity index (χ4v) is 6.45. The summed E-state index contributed by atoms with van der Waals surface area (Å²) in [6.07, 6.45) is 11.2. The van der Waals surface area contributed by atoms with Gasteiger partial charge in [0.25, 0.3) is 5.91 Å². The first-order chi connectivity index (χ1) is 16.5. The molecule has 8 heteroatoms. The number of allylic oxidation sites excluding steroid dienone is 1. The molecule has 0 aromatic carbocycles. The van der Waals surface area contributed by atoms with Gasteiger partial charge in [-0.05, 0) is 67.6 Å². The van der Waals surface area contributed by atoms with Crippen molar-refractivity contribution in [2.75, 3.05) is 13.2 Å². The zero-order valence-electron chi connectivity index (χ0n) is 21.9. The van der Waals surface area contributed by atoms with Crippen LogP contribution < -0.4 is 15.8 Å². The van der Waals surface area contributed by atoms with Crippen molar-refractivity contribution in [3.63, 3.8) is 0 Å². The zero-order valence-corrected chi connectivity index (χ0v) is 21.9. The Labute approximate surface area is 209 Å². The minimum atomic E-state index is -0.701. The lowest BCUT2D eigenvalue weighted by atomic mass is 9.48. The van der Waals surface area contributed by atoms with E-state index in [1.165, 1.54) is 0 Å². The maximum absolute atomic E-state index is 13.5. The second kappa shape index (κ2) is 9.86. The number of rotatable bonds is 10. The van der Waals surface area contributed by atoms with Gasteiger partial charge in [0.05, 0.1) is 19.4 Å². The highest BCUT2D eigenvalue weighted by molar-refractivity contribution is 5.96. The van der Waals surface area contributed by atoms with Gasteiger partial charge in [0, 0.05) is 17.7 Å². The quantitative estimate of drug-likeness (QED) is 0.492. The topological polar surface area (TPSA) is 108 Å². The molecule has 4 aliphatic rings. The van der Waals surface area contributed by atoms with Crippen LogP contribution in [-0.2, 0) is 4.74 Å². The van der Waals surface area contributed by atoms with Crippen LogP contribution in [0.3, 0.4) is 0 Å². The molecule has 8 nitrogen and oxygen atoms in total. The van der Waals surface area contributed by atoms with E-state index in [1.54, 1.807) is 10.9 Å². The highest BCUT2D eigenvalue weighted by Gasteiger charge is 2.56. The summed E-state index contributed by atoms with van der Waals surface area (Å²) in [4.78, 5) is 24.7. The van der Waals surface area contributed by atoms with Gasteiger partial charge in [0.2, 0.25) is 5.88 Å². The molecule has 4 fully saturated rings. The van der Waals surface area contributed by atoms with Gasteiger partial charge in [-0.25, -0.2) is 9.48 Å². The van der Waals surface area contributed by atoms with Crippen molar-refractivity contribution in [1.29, 1.82) is 0 Å². The summed E-state index contributed by atoms with van der Waals surface area (Å²) in [5, 5.41) is 7.83. The number of nitrogens with zero attached hydrogens (tertiary/aromatic N) is 2. The van der Waals surface area contributed by atoms with E-state index in [4.69, 9.17) is 15.2 Å². The van der Waals surface area contributed by atoms with Crippen molar-refractivity contribution in [1.82, 2.24) is 15.1 Å². The molecular weight excluding hydrogens is 444 g/mol. The number of hydrogen-bond donors (Lipinski definition) is 2. The summed E-state index contributed by atoms with van der Waals surface area (Å²) in [5.74, 6) is 2.11. The minimum absolute atomic E-state index is 0.0139. The fraction of sp³-hybridized carbons (Fsp3) is 0.741. The van der Waals surface area contributed by atoms with Crippen molar-refractivity contribution in [2.45, 2.75) is 79.2 Å². The fourth-order valence-electron chi connectivity index (χ4n) is 6.45. The molecule has 1 aromatic rings. The van der Waals surface area contributed by atoms with E-state index in [0.717, 1.165) is 38.5 Å². The number of hydrogen-bond acceptors (Lipinski definition) is 5. The molecule has 4 aliphatic carbocycles. The zero-order chi connectivity index (χ0) is 25.4.